The lowest BCUT2D eigenvalue weighted by Crippen LogP contribution is -2.49. The van der Waals surface area contributed by atoms with Crippen molar-refractivity contribution in [3.63, 3.8) is 0 Å². The molecule has 5 heteroatoms. The van der Waals surface area contributed by atoms with E-state index >= 15 is 0 Å². The molecule has 30 heavy (non-hydrogen) atoms. The maximum atomic E-state index is 13.2. The number of nitrogens with zero attached hydrogens (tertiary/aromatic N) is 1. The van der Waals surface area contributed by atoms with E-state index in [1.54, 1.807) is 12.0 Å². The van der Waals surface area contributed by atoms with Crippen LogP contribution in [0.5, 0.6) is 5.75 Å². The van der Waals surface area contributed by atoms with Crippen molar-refractivity contribution in [3.8, 4) is 5.75 Å². The molecule has 1 atom stereocenters. The second-order valence-electron chi connectivity index (χ2n) is 8.52. The van der Waals surface area contributed by atoms with Gasteiger partial charge in [-0.1, -0.05) is 61.7 Å². The third-order valence-corrected chi connectivity index (χ3v) is 6.51. The molecule has 5 nitrogen and oxygen atoms in total. The molecule has 0 bridgehead atoms. The Morgan fingerprint density at radius 1 is 1.07 bits per heavy atom. The maximum absolute atomic E-state index is 13.2. The summed E-state index contributed by atoms with van der Waals surface area (Å²) in [7, 11) is 1.66. The van der Waals surface area contributed by atoms with E-state index in [0.717, 1.165) is 42.6 Å². The topological polar surface area (TPSA) is 58.6 Å². The minimum atomic E-state index is -0.350. The van der Waals surface area contributed by atoms with Crippen molar-refractivity contribution in [2.45, 2.75) is 50.6 Å². The molecule has 1 saturated heterocycles. The number of benzene rings is 2. The van der Waals surface area contributed by atoms with Gasteiger partial charge in [-0.3, -0.25) is 9.59 Å². The lowest BCUT2D eigenvalue weighted by atomic mass is 9.76. The largest absolute Gasteiger partial charge is 0.497 e. The van der Waals surface area contributed by atoms with E-state index in [0.29, 0.717) is 13.1 Å². The van der Waals surface area contributed by atoms with Crippen LogP contribution in [-0.2, 0) is 21.7 Å². The molecule has 1 unspecified atom stereocenters. The summed E-state index contributed by atoms with van der Waals surface area (Å²) in [6, 6.07) is 18.0. The summed E-state index contributed by atoms with van der Waals surface area (Å²) in [6.45, 7) is 1.05. The highest BCUT2D eigenvalue weighted by Gasteiger charge is 2.40. The number of likely N-dealkylation sites (tertiary alicyclic amines) is 1. The van der Waals surface area contributed by atoms with Crippen LogP contribution >= 0.6 is 0 Å². The molecule has 2 aromatic carbocycles. The second kappa shape index (κ2) is 8.90. The fourth-order valence-corrected chi connectivity index (χ4v) is 4.79. The first-order chi connectivity index (χ1) is 14.6. The molecule has 0 aromatic heterocycles. The Kier molecular flexibility index (Phi) is 6.07. The zero-order chi connectivity index (χ0) is 21.0. The fraction of sp³-hybridized carbons (Fsp3) is 0.440. The molecule has 2 amide bonds. The van der Waals surface area contributed by atoms with Gasteiger partial charge in [0.05, 0.1) is 18.6 Å². The van der Waals surface area contributed by atoms with Gasteiger partial charge in [0.15, 0.2) is 0 Å². The SMILES string of the molecule is COc1ccc(C2(NC(=O)C3CC(=O)N(Cc4ccccc4)C3)CCCCC2)cc1. The predicted molar refractivity (Wildman–Crippen MR) is 116 cm³/mol. The predicted octanol–water partition coefficient (Wildman–Crippen LogP) is 4.02. The molecule has 4 rings (SSSR count). The van der Waals surface area contributed by atoms with Gasteiger partial charge in [0.2, 0.25) is 11.8 Å². The summed E-state index contributed by atoms with van der Waals surface area (Å²) in [4.78, 5) is 27.6. The first-order valence-corrected chi connectivity index (χ1v) is 10.9. The Bertz CT molecular complexity index is 873. The first-order valence-electron chi connectivity index (χ1n) is 10.9. The van der Waals surface area contributed by atoms with Crippen LogP contribution in [0.4, 0.5) is 0 Å². The Morgan fingerprint density at radius 2 is 1.77 bits per heavy atom. The van der Waals surface area contributed by atoms with Gasteiger partial charge in [-0.2, -0.15) is 0 Å². The molecule has 158 valence electrons. The van der Waals surface area contributed by atoms with Gasteiger partial charge < -0.3 is 15.0 Å². The average molecular weight is 407 g/mol. The molecule has 0 spiro atoms. The number of carbonyl (C=O) groups is 2. The van der Waals surface area contributed by atoms with Gasteiger partial charge in [-0.15, -0.1) is 0 Å². The van der Waals surface area contributed by atoms with Crippen molar-refractivity contribution in [2.75, 3.05) is 13.7 Å². The van der Waals surface area contributed by atoms with Gasteiger partial charge in [0, 0.05) is 19.5 Å². The molecule has 0 radical (unpaired) electrons. The third-order valence-electron chi connectivity index (χ3n) is 6.51. The molecular weight excluding hydrogens is 376 g/mol. The molecule has 2 fully saturated rings. The van der Waals surface area contributed by atoms with Crippen molar-refractivity contribution >= 4 is 11.8 Å². The molecular formula is C25H30N2O3. The van der Waals surface area contributed by atoms with Crippen LogP contribution in [0.25, 0.3) is 0 Å². The summed E-state index contributed by atoms with van der Waals surface area (Å²) in [5.74, 6) is 0.574. The number of hydrogen-bond acceptors (Lipinski definition) is 3. The summed E-state index contributed by atoms with van der Waals surface area (Å²) >= 11 is 0. The summed E-state index contributed by atoms with van der Waals surface area (Å²) in [5.41, 5.74) is 1.87. The van der Waals surface area contributed by atoms with Crippen LogP contribution in [0.2, 0.25) is 0 Å². The van der Waals surface area contributed by atoms with Crippen molar-refractivity contribution in [1.82, 2.24) is 10.2 Å². The number of ether oxygens (including phenoxy) is 1. The molecule has 1 N–H and O–H groups in total. The number of amides is 2. The lowest BCUT2D eigenvalue weighted by Gasteiger charge is -2.39. The maximum Gasteiger partial charge on any atom is 0.226 e. The Balaban J connectivity index is 1.47. The van der Waals surface area contributed by atoms with Crippen molar-refractivity contribution in [2.24, 2.45) is 5.92 Å². The van der Waals surface area contributed by atoms with Crippen molar-refractivity contribution in [3.05, 3.63) is 65.7 Å². The number of rotatable bonds is 6. The van der Waals surface area contributed by atoms with Crippen LogP contribution in [-0.4, -0.2) is 30.4 Å². The summed E-state index contributed by atoms with van der Waals surface area (Å²) in [6.07, 6.45) is 5.53. The second-order valence-corrected chi connectivity index (χ2v) is 8.52. The van der Waals surface area contributed by atoms with E-state index in [9.17, 15) is 9.59 Å². The van der Waals surface area contributed by atoms with Gasteiger partial charge in [0.25, 0.3) is 0 Å². The first kappa shape index (κ1) is 20.5. The van der Waals surface area contributed by atoms with Crippen molar-refractivity contribution < 1.29 is 14.3 Å². The van der Waals surface area contributed by atoms with Crippen molar-refractivity contribution in [1.29, 1.82) is 0 Å². The quantitative estimate of drug-likeness (QED) is 0.788. The molecule has 2 aromatic rings. The van der Waals surface area contributed by atoms with E-state index in [1.807, 2.05) is 42.5 Å². The summed E-state index contributed by atoms with van der Waals surface area (Å²) < 4.78 is 5.29. The van der Waals surface area contributed by atoms with Crippen LogP contribution in [0.15, 0.2) is 54.6 Å². The molecule has 2 aliphatic rings. The highest BCUT2D eigenvalue weighted by molar-refractivity contribution is 5.89. The van der Waals surface area contributed by atoms with Crippen LogP contribution in [0.1, 0.15) is 49.7 Å². The smallest absolute Gasteiger partial charge is 0.226 e. The van der Waals surface area contributed by atoms with E-state index in [1.165, 1.54) is 6.42 Å². The normalized spacial score (nSPS) is 20.8. The van der Waals surface area contributed by atoms with Crippen LogP contribution in [0.3, 0.4) is 0 Å². The van der Waals surface area contributed by atoms with E-state index in [4.69, 9.17) is 4.74 Å². The standard InChI is InChI=1S/C25H30N2O3/c1-30-22-12-10-21(11-13-22)25(14-6-3-7-15-25)26-24(29)20-16-23(28)27(18-20)17-19-8-4-2-5-9-19/h2,4-5,8-13,20H,3,6-7,14-18H2,1H3,(H,26,29). The van der Waals surface area contributed by atoms with Gasteiger partial charge >= 0.3 is 0 Å². The molecule has 1 aliphatic heterocycles. The number of hydrogen-bond donors (Lipinski definition) is 1. The fourth-order valence-electron chi connectivity index (χ4n) is 4.79. The van der Waals surface area contributed by atoms with Crippen LogP contribution < -0.4 is 10.1 Å². The zero-order valence-corrected chi connectivity index (χ0v) is 17.6. The summed E-state index contributed by atoms with van der Waals surface area (Å²) in [5, 5.41) is 3.37. The Morgan fingerprint density at radius 3 is 2.43 bits per heavy atom. The number of nitrogens with one attached hydrogen (secondary N) is 1. The molecule has 1 aliphatic carbocycles. The van der Waals surface area contributed by atoms with Crippen LogP contribution in [0, 0.1) is 5.92 Å². The Hall–Kier alpha value is -2.82. The zero-order valence-electron chi connectivity index (χ0n) is 17.6. The van der Waals surface area contributed by atoms with E-state index in [-0.39, 0.29) is 29.7 Å². The monoisotopic (exact) mass is 406 g/mol. The number of methoxy groups -OCH3 is 1. The molecule has 1 heterocycles. The minimum absolute atomic E-state index is 0.00312. The average Bonchev–Trinajstić information content (AvgIpc) is 3.15. The van der Waals surface area contributed by atoms with E-state index in [2.05, 4.69) is 17.4 Å². The highest BCUT2D eigenvalue weighted by Crippen LogP contribution is 2.38. The van der Waals surface area contributed by atoms with Gasteiger partial charge in [-0.25, -0.2) is 0 Å². The number of carbonyl (C=O) groups excluding carboxylic acids is 2. The third kappa shape index (κ3) is 4.35. The van der Waals surface area contributed by atoms with Gasteiger partial charge in [0.1, 0.15) is 5.75 Å². The lowest BCUT2D eigenvalue weighted by molar-refractivity contribution is -0.130. The van der Waals surface area contributed by atoms with Gasteiger partial charge in [-0.05, 0) is 36.1 Å². The highest BCUT2D eigenvalue weighted by atomic mass is 16.5. The minimum Gasteiger partial charge on any atom is -0.497 e. The Labute approximate surface area is 178 Å². The molecule has 1 saturated carbocycles. The van der Waals surface area contributed by atoms with E-state index < -0.39 is 0 Å².